The first-order valence-corrected chi connectivity index (χ1v) is 9.10. The third kappa shape index (κ3) is 5.23. The Bertz CT molecular complexity index is 596. The van der Waals surface area contributed by atoms with E-state index in [1.54, 1.807) is 17.0 Å². The van der Waals surface area contributed by atoms with Crippen molar-refractivity contribution in [2.75, 3.05) is 7.11 Å². The van der Waals surface area contributed by atoms with E-state index in [9.17, 15) is 9.59 Å². The summed E-state index contributed by atoms with van der Waals surface area (Å²) in [7, 11) is 1.32. The van der Waals surface area contributed by atoms with E-state index in [1.807, 2.05) is 66.7 Å². The van der Waals surface area contributed by atoms with Crippen molar-refractivity contribution in [1.29, 1.82) is 0 Å². The maximum Gasteiger partial charge on any atom is 0.411 e. The summed E-state index contributed by atoms with van der Waals surface area (Å²) < 4.78 is 11.0. The van der Waals surface area contributed by atoms with Gasteiger partial charge in [-0.1, -0.05) is 51.1 Å². The van der Waals surface area contributed by atoms with E-state index in [4.69, 9.17) is 9.47 Å². The van der Waals surface area contributed by atoms with E-state index >= 15 is 0 Å². The van der Waals surface area contributed by atoms with Gasteiger partial charge in [0.1, 0.15) is 0 Å². The second kappa shape index (κ2) is 8.56. The molecule has 0 bridgehead atoms. The molecule has 0 aliphatic rings. The van der Waals surface area contributed by atoms with Crippen molar-refractivity contribution in [2.24, 2.45) is 5.41 Å². The monoisotopic (exact) mass is 363 g/mol. The molecule has 0 heterocycles. The fourth-order valence-electron chi connectivity index (χ4n) is 3.27. The highest BCUT2D eigenvalue weighted by atomic mass is 16.6. The molecule has 1 rings (SSSR count). The van der Waals surface area contributed by atoms with Crippen LogP contribution in [0.1, 0.15) is 60.5 Å². The Morgan fingerprint density at radius 1 is 1.00 bits per heavy atom. The van der Waals surface area contributed by atoms with Crippen molar-refractivity contribution in [2.45, 2.75) is 72.6 Å². The Kier molecular flexibility index (Phi) is 7.25. The number of rotatable bonds is 6. The molecule has 0 spiro atoms. The highest BCUT2D eigenvalue weighted by Gasteiger charge is 2.49. The predicted octanol–water partition coefficient (Wildman–Crippen LogP) is 4.75. The SMILES string of the molecule is COC(=O)[C@](CC(C)(C)C)(OC(=O)N(C(C)C)C(C)C)c1ccccc1. The summed E-state index contributed by atoms with van der Waals surface area (Å²) in [5.74, 6) is -0.570. The van der Waals surface area contributed by atoms with E-state index in [0.717, 1.165) is 0 Å². The molecule has 0 radical (unpaired) electrons. The van der Waals surface area contributed by atoms with Crippen LogP contribution in [0.15, 0.2) is 30.3 Å². The van der Waals surface area contributed by atoms with Crippen molar-refractivity contribution in [1.82, 2.24) is 4.90 Å². The summed E-state index contributed by atoms with van der Waals surface area (Å²) in [6.45, 7) is 13.7. The van der Waals surface area contributed by atoms with Crippen molar-refractivity contribution in [3.63, 3.8) is 0 Å². The van der Waals surface area contributed by atoms with Crippen LogP contribution in [-0.4, -0.2) is 36.2 Å². The van der Waals surface area contributed by atoms with Gasteiger partial charge >= 0.3 is 12.1 Å². The van der Waals surface area contributed by atoms with Crippen LogP contribution in [0.4, 0.5) is 4.79 Å². The molecule has 5 nitrogen and oxygen atoms in total. The van der Waals surface area contributed by atoms with Crippen LogP contribution in [0.2, 0.25) is 0 Å². The number of methoxy groups -OCH3 is 1. The Balaban J connectivity index is 3.47. The molecule has 0 unspecified atom stereocenters. The fourth-order valence-corrected chi connectivity index (χ4v) is 3.27. The fraction of sp³-hybridized carbons (Fsp3) is 0.619. The Hall–Kier alpha value is -2.04. The molecule has 26 heavy (non-hydrogen) atoms. The lowest BCUT2D eigenvalue weighted by Crippen LogP contribution is -2.50. The van der Waals surface area contributed by atoms with Gasteiger partial charge in [-0.15, -0.1) is 0 Å². The van der Waals surface area contributed by atoms with Gasteiger partial charge in [-0.25, -0.2) is 9.59 Å². The Morgan fingerprint density at radius 2 is 1.50 bits per heavy atom. The standard InChI is InChI=1S/C21H33NO4/c1-15(2)22(16(3)4)19(24)26-21(18(23)25-8,14-20(5,6)7)17-12-10-9-11-13-17/h9-13,15-16H,14H2,1-8H3/t21-/m1/s1. The smallest absolute Gasteiger partial charge is 0.411 e. The molecule has 0 saturated carbocycles. The van der Waals surface area contributed by atoms with Crippen LogP contribution < -0.4 is 0 Å². The Morgan fingerprint density at radius 3 is 1.88 bits per heavy atom. The zero-order chi connectivity index (χ0) is 20.1. The quantitative estimate of drug-likeness (QED) is 0.685. The minimum Gasteiger partial charge on any atom is -0.466 e. The number of esters is 1. The molecule has 146 valence electrons. The third-order valence-electron chi connectivity index (χ3n) is 4.12. The summed E-state index contributed by atoms with van der Waals surface area (Å²) in [6.07, 6.45) is -0.208. The van der Waals surface area contributed by atoms with E-state index in [0.29, 0.717) is 12.0 Å². The molecule has 0 aliphatic heterocycles. The molecule has 0 N–H and O–H groups in total. The molecule has 0 aliphatic carbocycles. The topological polar surface area (TPSA) is 55.8 Å². The summed E-state index contributed by atoms with van der Waals surface area (Å²) in [5, 5.41) is 0. The van der Waals surface area contributed by atoms with Gasteiger partial charge in [0.15, 0.2) is 0 Å². The van der Waals surface area contributed by atoms with Crippen LogP contribution in [0.3, 0.4) is 0 Å². The maximum atomic E-state index is 13.0. The highest BCUT2D eigenvalue weighted by molar-refractivity contribution is 5.84. The second-order valence-electron chi connectivity index (χ2n) is 8.38. The maximum absolute atomic E-state index is 13.0. The molecule has 1 aromatic carbocycles. The predicted molar refractivity (Wildman–Crippen MR) is 103 cm³/mol. The summed E-state index contributed by atoms with van der Waals surface area (Å²) >= 11 is 0. The minimum atomic E-state index is -1.49. The molecule has 0 fully saturated rings. The Labute approximate surface area is 157 Å². The number of hydrogen-bond acceptors (Lipinski definition) is 4. The van der Waals surface area contributed by atoms with Gasteiger partial charge < -0.3 is 14.4 Å². The van der Waals surface area contributed by atoms with E-state index in [2.05, 4.69) is 0 Å². The van der Waals surface area contributed by atoms with Crippen LogP contribution in [0.25, 0.3) is 0 Å². The van der Waals surface area contributed by atoms with Crippen LogP contribution in [-0.2, 0) is 19.9 Å². The van der Waals surface area contributed by atoms with Crippen molar-refractivity contribution in [3.05, 3.63) is 35.9 Å². The van der Waals surface area contributed by atoms with Gasteiger partial charge in [0, 0.05) is 24.1 Å². The zero-order valence-electron chi connectivity index (χ0n) is 17.3. The number of hydrogen-bond donors (Lipinski definition) is 0. The van der Waals surface area contributed by atoms with E-state index in [-0.39, 0.29) is 17.5 Å². The first-order chi connectivity index (χ1) is 11.9. The number of amides is 1. The van der Waals surface area contributed by atoms with Gasteiger partial charge in [-0.2, -0.15) is 0 Å². The van der Waals surface area contributed by atoms with Gasteiger partial charge in [0.25, 0.3) is 0 Å². The van der Waals surface area contributed by atoms with Crippen LogP contribution in [0, 0.1) is 5.41 Å². The molecule has 0 saturated heterocycles. The van der Waals surface area contributed by atoms with Gasteiger partial charge in [0.2, 0.25) is 5.60 Å². The molecule has 0 aromatic heterocycles. The van der Waals surface area contributed by atoms with E-state index < -0.39 is 17.7 Å². The highest BCUT2D eigenvalue weighted by Crippen LogP contribution is 2.40. The largest absolute Gasteiger partial charge is 0.466 e. The number of benzene rings is 1. The van der Waals surface area contributed by atoms with Crippen LogP contribution in [0.5, 0.6) is 0 Å². The molecular weight excluding hydrogens is 330 g/mol. The summed E-state index contributed by atoms with van der Waals surface area (Å²) in [6, 6.07) is 9.00. The van der Waals surface area contributed by atoms with Crippen molar-refractivity contribution < 1.29 is 19.1 Å². The van der Waals surface area contributed by atoms with Gasteiger partial charge in [-0.05, 0) is 33.1 Å². The molecular formula is C21H33NO4. The average Bonchev–Trinajstić information content (AvgIpc) is 2.52. The van der Waals surface area contributed by atoms with E-state index in [1.165, 1.54) is 7.11 Å². The molecule has 1 aromatic rings. The molecule has 1 atom stereocenters. The lowest BCUT2D eigenvalue weighted by molar-refractivity contribution is -0.169. The molecule has 5 heteroatoms. The summed E-state index contributed by atoms with van der Waals surface area (Å²) in [4.78, 5) is 27.5. The number of ether oxygens (including phenoxy) is 2. The average molecular weight is 363 g/mol. The molecule has 1 amide bonds. The normalized spacial score (nSPS) is 14.1. The second-order valence-corrected chi connectivity index (χ2v) is 8.38. The summed E-state index contributed by atoms with van der Waals surface area (Å²) in [5.41, 5.74) is -1.15. The lowest BCUT2D eigenvalue weighted by atomic mass is 9.78. The first kappa shape index (κ1) is 22.0. The first-order valence-electron chi connectivity index (χ1n) is 9.10. The van der Waals surface area contributed by atoms with Crippen LogP contribution >= 0.6 is 0 Å². The lowest BCUT2D eigenvalue weighted by Gasteiger charge is -2.39. The van der Waals surface area contributed by atoms with Gasteiger partial charge in [-0.3, -0.25) is 0 Å². The number of carbonyl (C=O) groups excluding carboxylic acids is 2. The number of nitrogens with zero attached hydrogens (tertiary/aromatic N) is 1. The van der Waals surface area contributed by atoms with Gasteiger partial charge in [0.05, 0.1) is 7.11 Å². The zero-order valence-corrected chi connectivity index (χ0v) is 17.3. The third-order valence-corrected chi connectivity index (χ3v) is 4.12. The van der Waals surface area contributed by atoms with Crippen molar-refractivity contribution in [3.8, 4) is 0 Å². The number of carbonyl (C=O) groups is 2. The van der Waals surface area contributed by atoms with Crippen molar-refractivity contribution >= 4 is 12.1 Å². The minimum absolute atomic E-state index is 0.0525.